The van der Waals surface area contributed by atoms with Crippen molar-refractivity contribution in [3.8, 4) is 22.4 Å². The van der Waals surface area contributed by atoms with Crippen molar-refractivity contribution in [2.24, 2.45) is 0 Å². The van der Waals surface area contributed by atoms with Crippen LogP contribution >= 0.6 is 0 Å². The first-order chi connectivity index (χ1) is 14.6. The van der Waals surface area contributed by atoms with Gasteiger partial charge in [0.25, 0.3) is 5.91 Å². The lowest BCUT2D eigenvalue weighted by atomic mass is 9.95. The Kier molecular flexibility index (Phi) is 5.72. The highest BCUT2D eigenvalue weighted by Crippen LogP contribution is 2.33. The number of benzene rings is 1. The van der Waals surface area contributed by atoms with Crippen LogP contribution in [-0.2, 0) is 6.42 Å². The zero-order chi connectivity index (χ0) is 21.1. The molecule has 3 aromatic rings. The van der Waals surface area contributed by atoms with Gasteiger partial charge in [-0.2, -0.15) is 0 Å². The number of rotatable bonds is 4. The molecule has 0 atom stereocenters. The number of aryl methyl sites for hydroxylation is 2. The standard InChI is InChI=1S/C23H26N6O/c1-3-19-21(17-5-7-20(24)26-13-17)22(28-14-27-19)16-4-6-18(15(2)12-16)23(30)29-10-8-25-9-11-29/h4-7,12-14,25H,3,8-11H2,1-2H3,(H2,24,26). The number of aromatic nitrogens is 3. The zero-order valence-electron chi connectivity index (χ0n) is 17.4. The van der Waals surface area contributed by atoms with Crippen LogP contribution in [0.15, 0.2) is 42.9 Å². The van der Waals surface area contributed by atoms with E-state index in [0.717, 1.165) is 71.8 Å². The average Bonchev–Trinajstić information content (AvgIpc) is 2.79. The van der Waals surface area contributed by atoms with E-state index in [1.54, 1.807) is 18.6 Å². The second kappa shape index (κ2) is 8.59. The third kappa shape index (κ3) is 3.89. The summed E-state index contributed by atoms with van der Waals surface area (Å²) in [5, 5.41) is 3.28. The summed E-state index contributed by atoms with van der Waals surface area (Å²) >= 11 is 0. The van der Waals surface area contributed by atoms with E-state index in [-0.39, 0.29) is 5.91 Å². The predicted molar refractivity (Wildman–Crippen MR) is 118 cm³/mol. The molecule has 1 aromatic carbocycles. The van der Waals surface area contributed by atoms with E-state index >= 15 is 0 Å². The van der Waals surface area contributed by atoms with Crippen LogP contribution in [0.5, 0.6) is 0 Å². The van der Waals surface area contributed by atoms with Crippen LogP contribution in [0.2, 0.25) is 0 Å². The van der Waals surface area contributed by atoms with Gasteiger partial charge in [-0.25, -0.2) is 15.0 Å². The molecule has 0 saturated carbocycles. The molecule has 3 heterocycles. The Labute approximate surface area is 176 Å². The second-order valence-corrected chi connectivity index (χ2v) is 7.44. The minimum absolute atomic E-state index is 0.0837. The summed E-state index contributed by atoms with van der Waals surface area (Å²) in [6.07, 6.45) is 4.12. The summed E-state index contributed by atoms with van der Waals surface area (Å²) in [5.74, 6) is 0.558. The molecular formula is C23H26N6O. The summed E-state index contributed by atoms with van der Waals surface area (Å²) in [5.41, 5.74) is 12.1. The maximum Gasteiger partial charge on any atom is 0.254 e. The molecule has 1 aliphatic rings. The summed E-state index contributed by atoms with van der Waals surface area (Å²) in [6, 6.07) is 9.64. The fourth-order valence-electron chi connectivity index (χ4n) is 3.85. The number of hydrogen-bond donors (Lipinski definition) is 2. The fourth-order valence-corrected chi connectivity index (χ4v) is 3.85. The van der Waals surface area contributed by atoms with E-state index in [9.17, 15) is 4.79 Å². The van der Waals surface area contributed by atoms with E-state index < -0.39 is 0 Å². The number of nitrogens with zero attached hydrogens (tertiary/aromatic N) is 4. The van der Waals surface area contributed by atoms with Gasteiger partial charge in [0.1, 0.15) is 12.1 Å². The Bertz CT molecular complexity index is 1060. The number of amides is 1. The van der Waals surface area contributed by atoms with E-state index in [1.807, 2.05) is 36.1 Å². The number of carbonyl (C=O) groups excluding carboxylic acids is 1. The van der Waals surface area contributed by atoms with Crippen LogP contribution in [0.3, 0.4) is 0 Å². The number of anilines is 1. The van der Waals surface area contributed by atoms with E-state index in [0.29, 0.717) is 5.82 Å². The van der Waals surface area contributed by atoms with Crippen molar-refractivity contribution in [3.05, 3.63) is 59.7 Å². The highest BCUT2D eigenvalue weighted by molar-refractivity contribution is 5.96. The molecule has 2 aromatic heterocycles. The minimum atomic E-state index is 0.0837. The molecule has 0 spiro atoms. The molecule has 4 rings (SSSR count). The Morgan fingerprint density at radius 3 is 2.53 bits per heavy atom. The lowest BCUT2D eigenvalue weighted by molar-refractivity contribution is 0.0735. The molecule has 1 saturated heterocycles. The first-order valence-corrected chi connectivity index (χ1v) is 10.2. The van der Waals surface area contributed by atoms with Crippen molar-refractivity contribution in [1.82, 2.24) is 25.2 Å². The number of nitrogens with one attached hydrogen (secondary N) is 1. The SMILES string of the molecule is CCc1ncnc(-c2ccc(C(=O)N3CCNCC3)c(C)c2)c1-c1ccc(N)nc1. The largest absolute Gasteiger partial charge is 0.384 e. The maximum absolute atomic E-state index is 12.9. The lowest BCUT2D eigenvalue weighted by Gasteiger charge is -2.28. The smallest absolute Gasteiger partial charge is 0.254 e. The van der Waals surface area contributed by atoms with Gasteiger partial charge in [0.15, 0.2) is 0 Å². The highest BCUT2D eigenvalue weighted by Gasteiger charge is 2.21. The molecule has 3 N–H and O–H groups in total. The minimum Gasteiger partial charge on any atom is -0.384 e. The van der Waals surface area contributed by atoms with Crippen LogP contribution in [0.1, 0.15) is 28.5 Å². The number of nitrogen functional groups attached to an aromatic ring is 1. The molecule has 1 aliphatic heterocycles. The van der Waals surface area contributed by atoms with Gasteiger partial charge >= 0.3 is 0 Å². The quantitative estimate of drug-likeness (QED) is 0.696. The van der Waals surface area contributed by atoms with Crippen LogP contribution in [0.25, 0.3) is 22.4 Å². The van der Waals surface area contributed by atoms with Crippen LogP contribution in [0.4, 0.5) is 5.82 Å². The molecule has 1 amide bonds. The Hall–Kier alpha value is -3.32. The van der Waals surface area contributed by atoms with Crippen molar-refractivity contribution in [2.45, 2.75) is 20.3 Å². The summed E-state index contributed by atoms with van der Waals surface area (Å²) < 4.78 is 0. The molecule has 154 valence electrons. The summed E-state index contributed by atoms with van der Waals surface area (Å²) in [6.45, 7) is 7.19. The predicted octanol–water partition coefficient (Wildman–Crippen LogP) is 2.70. The molecule has 0 radical (unpaired) electrons. The van der Waals surface area contributed by atoms with Gasteiger partial charge in [-0.3, -0.25) is 4.79 Å². The zero-order valence-corrected chi connectivity index (χ0v) is 17.4. The van der Waals surface area contributed by atoms with Gasteiger partial charge < -0.3 is 16.0 Å². The van der Waals surface area contributed by atoms with Crippen LogP contribution < -0.4 is 11.1 Å². The monoisotopic (exact) mass is 402 g/mol. The highest BCUT2D eigenvalue weighted by atomic mass is 16.2. The first kappa shape index (κ1) is 20.0. The van der Waals surface area contributed by atoms with E-state index in [4.69, 9.17) is 5.73 Å². The molecule has 30 heavy (non-hydrogen) atoms. The molecule has 1 fully saturated rings. The topological polar surface area (TPSA) is 97.0 Å². The Morgan fingerprint density at radius 2 is 1.87 bits per heavy atom. The van der Waals surface area contributed by atoms with Crippen LogP contribution in [0, 0.1) is 6.92 Å². The van der Waals surface area contributed by atoms with E-state index in [2.05, 4.69) is 27.2 Å². The molecule has 7 heteroatoms. The van der Waals surface area contributed by atoms with Gasteiger partial charge in [0, 0.05) is 54.6 Å². The fraction of sp³-hybridized carbons (Fsp3) is 0.304. The third-order valence-electron chi connectivity index (χ3n) is 5.47. The molecule has 0 bridgehead atoms. The van der Waals surface area contributed by atoms with Crippen molar-refractivity contribution in [2.75, 3.05) is 31.9 Å². The molecule has 0 unspecified atom stereocenters. The Balaban J connectivity index is 1.75. The van der Waals surface area contributed by atoms with Gasteiger partial charge in [0.05, 0.1) is 11.4 Å². The van der Waals surface area contributed by atoms with E-state index in [1.165, 1.54) is 0 Å². The summed E-state index contributed by atoms with van der Waals surface area (Å²) in [4.78, 5) is 28.2. The number of piperazine rings is 1. The van der Waals surface area contributed by atoms with Gasteiger partial charge in [-0.1, -0.05) is 13.0 Å². The number of nitrogens with two attached hydrogens (primary N) is 1. The van der Waals surface area contributed by atoms with Gasteiger partial charge in [-0.15, -0.1) is 0 Å². The molecular weight excluding hydrogens is 376 g/mol. The van der Waals surface area contributed by atoms with Gasteiger partial charge in [0.2, 0.25) is 0 Å². The van der Waals surface area contributed by atoms with Crippen molar-refractivity contribution >= 4 is 11.7 Å². The van der Waals surface area contributed by atoms with Crippen molar-refractivity contribution < 1.29 is 4.79 Å². The number of hydrogen-bond acceptors (Lipinski definition) is 6. The average molecular weight is 403 g/mol. The molecule has 7 nitrogen and oxygen atoms in total. The summed E-state index contributed by atoms with van der Waals surface area (Å²) in [7, 11) is 0. The Morgan fingerprint density at radius 1 is 1.10 bits per heavy atom. The first-order valence-electron chi connectivity index (χ1n) is 10.2. The van der Waals surface area contributed by atoms with Gasteiger partial charge in [-0.05, 0) is 43.2 Å². The normalized spacial score (nSPS) is 14.0. The number of carbonyl (C=O) groups is 1. The van der Waals surface area contributed by atoms with Crippen LogP contribution in [-0.4, -0.2) is 51.9 Å². The lowest BCUT2D eigenvalue weighted by Crippen LogP contribution is -2.46. The third-order valence-corrected chi connectivity index (χ3v) is 5.47. The molecule has 0 aliphatic carbocycles. The second-order valence-electron chi connectivity index (χ2n) is 7.44. The maximum atomic E-state index is 12.9. The number of pyridine rings is 1. The van der Waals surface area contributed by atoms with Crippen molar-refractivity contribution in [3.63, 3.8) is 0 Å². The van der Waals surface area contributed by atoms with Crippen molar-refractivity contribution in [1.29, 1.82) is 0 Å².